The standard InChI is InChI=1S/C17H24N2O6/c1-10-5-6-11(2)16(10)25-15(22)9-19(13-4-3-7-24-13)17(23)12(18)8-14(20)21/h3-4,7,10-12,16H,5-6,8-9,18H2,1-2H3,(H,20,21)/t10?,11?,12-,16?/m0/s1. The van der Waals surface area contributed by atoms with E-state index in [1.54, 1.807) is 6.07 Å². The number of carboxylic acid groups (broad SMARTS) is 1. The van der Waals surface area contributed by atoms with Gasteiger partial charge in [0.05, 0.1) is 18.7 Å². The number of rotatable bonds is 7. The fraction of sp³-hybridized carbons (Fsp3) is 0.588. The molecule has 1 saturated carbocycles. The molecule has 138 valence electrons. The molecule has 8 nitrogen and oxygen atoms in total. The summed E-state index contributed by atoms with van der Waals surface area (Å²) >= 11 is 0. The van der Waals surface area contributed by atoms with Crippen LogP contribution in [0.15, 0.2) is 22.8 Å². The topological polar surface area (TPSA) is 123 Å². The van der Waals surface area contributed by atoms with Gasteiger partial charge >= 0.3 is 11.9 Å². The summed E-state index contributed by atoms with van der Waals surface area (Å²) in [6.45, 7) is 3.68. The van der Waals surface area contributed by atoms with E-state index in [-0.39, 0.29) is 30.4 Å². The fourth-order valence-corrected chi connectivity index (χ4v) is 3.13. The summed E-state index contributed by atoms with van der Waals surface area (Å²) in [4.78, 5) is 36.6. The van der Waals surface area contributed by atoms with Gasteiger partial charge < -0.3 is 20.0 Å². The first kappa shape index (κ1) is 19.0. The minimum atomic E-state index is -1.28. The number of carbonyl (C=O) groups excluding carboxylic acids is 2. The van der Waals surface area contributed by atoms with E-state index in [0.717, 1.165) is 17.7 Å². The zero-order valence-corrected chi connectivity index (χ0v) is 14.4. The third-order valence-corrected chi connectivity index (χ3v) is 4.50. The Morgan fingerprint density at radius 2 is 2.00 bits per heavy atom. The molecule has 3 N–H and O–H groups in total. The van der Waals surface area contributed by atoms with E-state index in [4.69, 9.17) is 20.0 Å². The Balaban J connectivity index is 2.07. The molecule has 0 bridgehead atoms. The lowest BCUT2D eigenvalue weighted by Gasteiger charge is -2.25. The van der Waals surface area contributed by atoms with E-state index < -0.39 is 30.3 Å². The average Bonchev–Trinajstić information content (AvgIpc) is 3.17. The predicted molar refractivity (Wildman–Crippen MR) is 88.7 cm³/mol. The molecule has 1 heterocycles. The molecule has 0 spiro atoms. The van der Waals surface area contributed by atoms with Gasteiger partial charge in [-0.2, -0.15) is 0 Å². The normalized spacial score (nSPS) is 23.9. The highest BCUT2D eigenvalue weighted by molar-refractivity contribution is 6.00. The van der Waals surface area contributed by atoms with Crippen molar-refractivity contribution in [2.45, 2.75) is 45.3 Å². The van der Waals surface area contributed by atoms with Gasteiger partial charge in [-0.05, 0) is 30.7 Å². The van der Waals surface area contributed by atoms with Gasteiger partial charge in [-0.15, -0.1) is 0 Å². The Kier molecular flexibility index (Phi) is 6.19. The Labute approximate surface area is 145 Å². The van der Waals surface area contributed by atoms with E-state index in [9.17, 15) is 14.4 Å². The highest BCUT2D eigenvalue weighted by Crippen LogP contribution is 2.33. The van der Waals surface area contributed by atoms with Crippen LogP contribution in [-0.4, -0.2) is 41.6 Å². The molecule has 1 aliphatic rings. The van der Waals surface area contributed by atoms with Crippen LogP contribution in [-0.2, 0) is 19.1 Å². The lowest BCUT2D eigenvalue weighted by molar-refractivity contribution is -0.151. The van der Waals surface area contributed by atoms with Gasteiger partial charge in [-0.3, -0.25) is 19.3 Å². The van der Waals surface area contributed by atoms with Gasteiger partial charge in [0.2, 0.25) is 11.8 Å². The van der Waals surface area contributed by atoms with Crippen LogP contribution >= 0.6 is 0 Å². The average molecular weight is 352 g/mol. The molecular weight excluding hydrogens is 328 g/mol. The van der Waals surface area contributed by atoms with Gasteiger partial charge in [0.15, 0.2) is 0 Å². The Morgan fingerprint density at radius 1 is 1.36 bits per heavy atom. The summed E-state index contributed by atoms with van der Waals surface area (Å²) in [5.41, 5.74) is 5.64. The first-order chi connectivity index (χ1) is 11.8. The van der Waals surface area contributed by atoms with Crippen molar-refractivity contribution in [3.05, 3.63) is 18.4 Å². The molecule has 1 amide bonds. The predicted octanol–water partition coefficient (Wildman–Crippen LogP) is 1.39. The monoisotopic (exact) mass is 352 g/mol. The van der Waals surface area contributed by atoms with E-state index >= 15 is 0 Å². The number of ether oxygens (including phenoxy) is 1. The van der Waals surface area contributed by atoms with E-state index in [0.29, 0.717) is 0 Å². The zero-order chi connectivity index (χ0) is 18.6. The Bertz CT molecular complexity index is 605. The minimum absolute atomic E-state index is 0.121. The Hall–Kier alpha value is -2.35. The molecule has 0 aliphatic heterocycles. The number of amides is 1. The number of esters is 1. The van der Waals surface area contributed by atoms with Gasteiger partial charge in [0.1, 0.15) is 12.6 Å². The summed E-state index contributed by atoms with van der Waals surface area (Å²) in [5.74, 6) is -1.83. The number of nitrogens with zero attached hydrogens (tertiary/aromatic N) is 1. The molecule has 1 fully saturated rings. The number of aliphatic carboxylic acids is 1. The molecule has 0 radical (unpaired) electrons. The van der Waals surface area contributed by atoms with Crippen LogP contribution in [0.4, 0.5) is 5.88 Å². The number of anilines is 1. The summed E-state index contributed by atoms with van der Waals surface area (Å²) < 4.78 is 10.7. The third-order valence-electron chi connectivity index (χ3n) is 4.50. The second-order valence-electron chi connectivity index (χ2n) is 6.57. The van der Waals surface area contributed by atoms with Crippen molar-refractivity contribution in [2.75, 3.05) is 11.4 Å². The summed E-state index contributed by atoms with van der Waals surface area (Å²) in [6.07, 6.45) is 2.60. The second-order valence-corrected chi connectivity index (χ2v) is 6.57. The maximum Gasteiger partial charge on any atom is 0.326 e. The van der Waals surface area contributed by atoms with Crippen molar-refractivity contribution < 1.29 is 28.6 Å². The number of hydrogen-bond donors (Lipinski definition) is 2. The minimum Gasteiger partial charge on any atom is -0.481 e. The van der Waals surface area contributed by atoms with Crippen molar-refractivity contribution in [2.24, 2.45) is 17.6 Å². The van der Waals surface area contributed by atoms with Crippen molar-refractivity contribution in [1.29, 1.82) is 0 Å². The molecule has 25 heavy (non-hydrogen) atoms. The summed E-state index contributed by atoms with van der Waals surface area (Å²) in [6, 6.07) is 1.78. The SMILES string of the molecule is CC1CCC(C)C1OC(=O)CN(C(=O)[C@@H](N)CC(=O)O)c1ccco1. The molecule has 0 saturated heterocycles. The van der Waals surface area contributed by atoms with E-state index in [2.05, 4.69) is 0 Å². The van der Waals surface area contributed by atoms with E-state index in [1.165, 1.54) is 12.3 Å². The van der Waals surface area contributed by atoms with Gasteiger partial charge in [-0.25, -0.2) is 0 Å². The first-order valence-corrected chi connectivity index (χ1v) is 8.31. The van der Waals surface area contributed by atoms with Crippen molar-refractivity contribution in [3.8, 4) is 0 Å². The largest absolute Gasteiger partial charge is 0.481 e. The van der Waals surface area contributed by atoms with Crippen LogP contribution in [0.5, 0.6) is 0 Å². The van der Waals surface area contributed by atoms with Gasteiger partial charge in [-0.1, -0.05) is 13.8 Å². The zero-order valence-electron chi connectivity index (χ0n) is 14.4. The first-order valence-electron chi connectivity index (χ1n) is 8.31. The van der Waals surface area contributed by atoms with Crippen LogP contribution in [0.25, 0.3) is 0 Å². The number of carbonyl (C=O) groups is 3. The smallest absolute Gasteiger partial charge is 0.326 e. The van der Waals surface area contributed by atoms with Crippen LogP contribution in [0.3, 0.4) is 0 Å². The maximum absolute atomic E-state index is 12.4. The summed E-state index contributed by atoms with van der Waals surface area (Å²) in [5, 5.41) is 8.81. The van der Waals surface area contributed by atoms with Crippen molar-refractivity contribution in [1.82, 2.24) is 0 Å². The van der Waals surface area contributed by atoms with Crippen LogP contribution < -0.4 is 10.6 Å². The van der Waals surface area contributed by atoms with Gasteiger partial charge in [0.25, 0.3) is 0 Å². The number of furan rings is 1. The van der Waals surface area contributed by atoms with Crippen LogP contribution in [0, 0.1) is 11.8 Å². The molecular formula is C17H24N2O6. The Morgan fingerprint density at radius 3 is 2.52 bits per heavy atom. The fourth-order valence-electron chi connectivity index (χ4n) is 3.13. The van der Waals surface area contributed by atoms with Gasteiger partial charge in [0, 0.05) is 6.07 Å². The number of hydrogen-bond acceptors (Lipinski definition) is 6. The number of carboxylic acids is 1. The molecule has 2 unspecified atom stereocenters. The third kappa shape index (κ3) is 4.82. The molecule has 2 rings (SSSR count). The number of nitrogens with two attached hydrogens (primary N) is 1. The highest BCUT2D eigenvalue weighted by atomic mass is 16.5. The van der Waals surface area contributed by atoms with Crippen LogP contribution in [0.2, 0.25) is 0 Å². The highest BCUT2D eigenvalue weighted by Gasteiger charge is 2.35. The van der Waals surface area contributed by atoms with Crippen molar-refractivity contribution in [3.63, 3.8) is 0 Å². The molecule has 1 aromatic rings. The molecule has 0 aromatic carbocycles. The van der Waals surface area contributed by atoms with Crippen LogP contribution in [0.1, 0.15) is 33.1 Å². The summed E-state index contributed by atoms with van der Waals surface area (Å²) in [7, 11) is 0. The molecule has 3 atom stereocenters. The molecule has 1 aromatic heterocycles. The second kappa shape index (κ2) is 8.15. The molecule has 8 heteroatoms. The van der Waals surface area contributed by atoms with Crippen molar-refractivity contribution >= 4 is 23.7 Å². The lowest BCUT2D eigenvalue weighted by Crippen LogP contribution is -2.47. The quantitative estimate of drug-likeness (QED) is 0.711. The maximum atomic E-state index is 12.4. The lowest BCUT2D eigenvalue weighted by atomic mass is 10.0. The van der Waals surface area contributed by atoms with E-state index in [1.807, 2.05) is 13.8 Å². The molecule has 1 aliphatic carbocycles.